The smallest absolute Gasteiger partial charge is 0.0319 e. The third-order valence-electron chi connectivity index (χ3n) is 4.27. The molecule has 2 nitrogen and oxygen atoms in total. The second-order valence-corrected chi connectivity index (χ2v) is 5.14. The van der Waals surface area contributed by atoms with Crippen molar-refractivity contribution in [3.63, 3.8) is 0 Å². The van der Waals surface area contributed by atoms with Crippen LogP contribution < -0.4 is 5.48 Å². The molecule has 2 aliphatic carbocycles. The first-order valence-corrected chi connectivity index (χ1v) is 6.30. The van der Waals surface area contributed by atoms with Crippen LogP contribution in [-0.4, -0.2) is 11.2 Å². The van der Waals surface area contributed by atoms with Crippen LogP contribution >= 0.6 is 0 Å². The number of hydroxylamine groups is 1. The van der Waals surface area contributed by atoms with E-state index in [0.717, 1.165) is 11.8 Å². The van der Waals surface area contributed by atoms with Gasteiger partial charge in [0.25, 0.3) is 0 Å². The molecule has 0 radical (unpaired) electrons. The summed E-state index contributed by atoms with van der Waals surface area (Å²) in [7, 11) is 0. The Morgan fingerprint density at radius 3 is 1.86 bits per heavy atom. The fraction of sp³-hybridized carbons (Fsp3) is 1.00. The maximum atomic E-state index is 8.84. The van der Waals surface area contributed by atoms with Crippen LogP contribution in [0, 0.1) is 11.8 Å². The van der Waals surface area contributed by atoms with Crippen molar-refractivity contribution in [3.05, 3.63) is 0 Å². The number of nitrogens with one attached hydrogen (secondary N) is 1. The molecule has 0 saturated heterocycles. The third kappa shape index (κ3) is 2.48. The Morgan fingerprint density at radius 1 is 0.714 bits per heavy atom. The fourth-order valence-corrected chi connectivity index (χ4v) is 3.33. The molecule has 0 aromatic heterocycles. The van der Waals surface area contributed by atoms with E-state index in [1.54, 1.807) is 0 Å². The van der Waals surface area contributed by atoms with Crippen molar-refractivity contribution in [1.82, 2.24) is 5.48 Å². The highest BCUT2D eigenvalue weighted by atomic mass is 16.5. The predicted octanol–water partition coefficient (Wildman–Crippen LogP) is 3.10. The van der Waals surface area contributed by atoms with Crippen LogP contribution in [0.3, 0.4) is 0 Å². The summed E-state index contributed by atoms with van der Waals surface area (Å²) in [6, 6.07) is 0.384. The molecule has 2 saturated carbocycles. The van der Waals surface area contributed by atoms with E-state index >= 15 is 0 Å². The zero-order valence-corrected chi connectivity index (χ0v) is 9.04. The van der Waals surface area contributed by atoms with Gasteiger partial charge in [-0.1, -0.05) is 32.1 Å². The van der Waals surface area contributed by atoms with Gasteiger partial charge in [-0.25, -0.2) is 5.48 Å². The van der Waals surface area contributed by atoms with Crippen molar-refractivity contribution in [3.8, 4) is 0 Å². The van der Waals surface area contributed by atoms with Gasteiger partial charge in [-0.3, -0.25) is 0 Å². The van der Waals surface area contributed by atoms with Crippen molar-refractivity contribution in [2.45, 2.75) is 63.8 Å². The largest absolute Gasteiger partial charge is 0.317 e. The second kappa shape index (κ2) is 5.13. The van der Waals surface area contributed by atoms with Crippen LogP contribution in [0.25, 0.3) is 0 Å². The molecule has 0 bridgehead atoms. The lowest BCUT2D eigenvalue weighted by molar-refractivity contribution is 0.0825. The lowest BCUT2D eigenvalue weighted by Crippen LogP contribution is -2.33. The van der Waals surface area contributed by atoms with Crippen LogP contribution in [0.4, 0.5) is 0 Å². The van der Waals surface area contributed by atoms with Gasteiger partial charge in [-0.05, 0) is 37.5 Å². The summed E-state index contributed by atoms with van der Waals surface area (Å²) >= 11 is 0. The van der Waals surface area contributed by atoms with Gasteiger partial charge >= 0.3 is 0 Å². The average Bonchev–Trinajstić information content (AvgIpc) is 2.30. The quantitative estimate of drug-likeness (QED) is 0.667. The zero-order chi connectivity index (χ0) is 9.80. The molecular weight excluding hydrogens is 174 g/mol. The first kappa shape index (κ1) is 10.4. The van der Waals surface area contributed by atoms with Crippen LogP contribution in [-0.2, 0) is 0 Å². The summed E-state index contributed by atoms with van der Waals surface area (Å²) in [6.07, 6.45) is 12.4. The molecule has 0 aromatic rings. The van der Waals surface area contributed by atoms with Crippen molar-refractivity contribution >= 4 is 0 Å². The molecule has 0 atom stereocenters. The van der Waals surface area contributed by atoms with Gasteiger partial charge in [0.05, 0.1) is 0 Å². The summed E-state index contributed by atoms with van der Waals surface area (Å²) < 4.78 is 0. The van der Waals surface area contributed by atoms with Crippen LogP contribution in [0.5, 0.6) is 0 Å². The van der Waals surface area contributed by atoms with Gasteiger partial charge in [0, 0.05) is 6.04 Å². The molecule has 0 unspecified atom stereocenters. The summed E-state index contributed by atoms with van der Waals surface area (Å²) in [5, 5.41) is 8.84. The van der Waals surface area contributed by atoms with Crippen LogP contribution in [0.1, 0.15) is 57.8 Å². The van der Waals surface area contributed by atoms with E-state index in [4.69, 9.17) is 5.21 Å². The van der Waals surface area contributed by atoms with Gasteiger partial charge in [0.15, 0.2) is 0 Å². The minimum Gasteiger partial charge on any atom is -0.317 e. The van der Waals surface area contributed by atoms with Gasteiger partial charge in [-0.2, -0.15) is 0 Å². The lowest BCUT2D eigenvalue weighted by atomic mass is 9.72. The topological polar surface area (TPSA) is 32.3 Å². The molecular formula is C12H23NO. The van der Waals surface area contributed by atoms with Crippen molar-refractivity contribution < 1.29 is 5.21 Å². The van der Waals surface area contributed by atoms with Crippen molar-refractivity contribution in [2.24, 2.45) is 11.8 Å². The highest BCUT2D eigenvalue weighted by molar-refractivity contribution is 4.81. The fourth-order valence-electron chi connectivity index (χ4n) is 3.33. The molecule has 82 valence electrons. The standard InChI is InChI=1S/C12H23NO/c14-13-12-8-6-11(7-9-12)10-4-2-1-3-5-10/h10-14H,1-9H2. The molecule has 2 aliphatic rings. The van der Waals surface area contributed by atoms with Gasteiger partial charge in [0.2, 0.25) is 0 Å². The van der Waals surface area contributed by atoms with Gasteiger partial charge in [-0.15, -0.1) is 0 Å². The van der Waals surface area contributed by atoms with Gasteiger partial charge < -0.3 is 5.21 Å². The summed E-state index contributed by atoms with van der Waals surface area (Å²) in [5.74, 6) is 1.99. The maximum Gasteiger partial charge on any atom is 0.0319 e. The van der Waals surface area contributed by atoms with E-state index in [1.807, 2.05) is 0 Å². The normalized spacial score (nSPS) is 35.8. The summed E-state index contributed by atoms with van der Waals surface area (Å²) in [6.45, 7) is 0. The Morgan fingerprint density at radius 2 is 1.29 bits per heavy atom. The Hall–Kier alpha value is -0.0800. The van der Waals surface area contributed by atoms with E-state index in [9.17, 15) is 0 Å². The van der Waals surface area contributed by atoms with Crippen LogP contribution in [0.2, 0.25) is 0 Å². The molecule has 0 amide bonds. The molecule has 2 N–H and O–H groups in total. The SMILES string of the molecule is ONC1CCC(C2CCCCC2)CC1. The zero-order valence-electron chi connectivity index (χ0n) is 9.04. The minimum absolute atomic E-state index is 0.384. The van der Waals surface area contributed by atoms with E-state index in [-0.39, 0.29) is 0 Å². The highest BCUT2D eigenvalue weighted by Gasteiger charge is 2.27. The lowest BCUT2D eigenvalue weighted by Gasteiger charge is -2.35. The second-order valence-electron chi connectivity index (χ2n) is 5.14. The van der Waals surface area contributed by atoms with E-state index in [0.29, 0.717) is 6.04 Å². The number of hydrogen-bond acceptors (Lipinski definition) is 2. The Balaban J connectivity index is 1.76. The third-order valence-corrected chi connectivity index (χ3v) is 4.27. The van der Waals surface area contributed by atoms with E-state index in [2.05, 4.69) is 5.48 Å². The minimum atomic E-state index is 0.384. The van der Waals surface area contributed by atoms with Crippen molar-refractivity contribution in [2.75, 3.05) is 0 Å². The van der Waals surface area contributed by atoms with E-state index in [1.165, 1.54) is 57.8 Å². The monoisotopic (exact) mass is 197 g/mol. The first-order chi connectivity index (χ1) is 6.90. The predicted molar refractivity (Wildman–Crippen MR) is 57.2 cm³/mol. The number of rotatable bonds is 2. The first-order valence-electron chi connectivity index (χ1n) is 6.30. The molecule has 2 heteroatoms. The Kier molecular flexibility index (Phi) is 3.82. The molecule has 14 heavy (non-hydrogen) atoms. The highest BCUT2D eigenvalue weighted by Crippen LogP contribution is 2.37. The Bertz CT molecular complexity index is 158. The summed E-state index contributed by atoms with van der Waals surface area (Å²) in [4.78, 5) is 0. The average molecular weight is 197 g/mol. The molecule has 0 heterocycles. The molecule has 2 fully saturated rings. The van der Waals surface area contributed by atoms with Crippen LogP contribution in [0.15, 0.2) is 0 Å². The Labute approximate surface area is 87.0 Å². The molecule has 2 rings (SSSR count). The number of hydrogen-bond donors (Lipinski definition) is 2. The maximum absolute atomic E-state index is 8.84. The van der Waals surface area contributed by atoms with E-state index < -0.39 is 0 Å². The molecule has 0 spiro atoms. The van der Waals surface area contributed by atoms with Crippen molar-refractivity contribution in [1.29, 1.82) is 0 Å². The van der Waals surface area contributed by atoms with Gasteiger partial charge in [0.1, 0.15) is 0 Å². The molecule has 0 aliphatic heterocycles. The molecule has 0 aromatic carbocycles. The summed E-state index contributed by atoms with van der Waals surface area (Å²) in [5.41, 5.74) is 2.43.